The van der Waals surface area contributed by atoms with Crippen LogP contribution >= 0.6 is 0 Å². The second-order valence-electron chi connectivity index (χ2n) is 12.8. The number of amides is 1. The third-order valence-corrected chi connectivity index (χ3v) is 9.40. The lowest BCUT2D eigenvalue weighted by molar-refractivity contribution is -0.0683. The maximum Gasteiger partial charge on any atom is 0.254 e. The van der Waals surface area contributed by atoms with Gasteiger partial charge in [-0.05, 0) is 68.4 Å². The second-order valence-corrected chi connectivity index (χ2v) is 12.8. The van der Waals surface area contributed by atoms with Crippen LogP contribution in [0.15, 0.2) is 60.1 Å². The number of ether oxygens (including phenoxy) is 1. The van der Waals surface area contributed by atoms with Gasteiger partial charge in [0.1, 0.15) is 11.9 Å². The summed E-state index contributed by atoms with van der Waals surface area (Å²) in [4.78, 5) is 20.3. The largest absolute Gasteiger partial charge is 0.398 e. The Kier molecular flexibility index (Phi) is 9.98. The van der Waals surface area contributed by atoms with Crippen molar-refractivity contribution in [1.82, 2.24) is 14.7 Å². The van der Waals surface area contributed by atoms with E-state index in [0.29, 0.717) is 24.5 Å². The molecule has 1 saturated carbocycles. The number of piperazine rings is 1. The lowest BCUT2D eigenvalue weighted by Crippen LogP contribution is -2.50. The zero-order valence-electron chi connectivity index (χ0n) is 26.2. The van der Waals surface area contributed by atoms with Gasteiger partial charge in [0.25, 0.3) is 5.91 Å². The van der Waals surface area contributed by atoms with E-state index >= 15 is 0 Å². The van der Waals surface area contributed by atoms with Gasteiger partial charge in [0.2, 0.25) is 0 Å². The normalized spacial score (nSPS) is 22.4. The second kappa shape index (κ2) is 13.9. The SMILES string of the molecule is Cc1cc(C2CN(C(/C=C(\N)c3ccccc3C)=C(N)N)CC(C)O2)ccc1C(=O)N1CCN(CC2CCCCC2)CC1. The molecule has 0 spiro atoms. The minimum absolute atomic E-state index is 0.0484. The van der Waals surface area contributed by atoms with Crippen molar-refractivity contribution < 1.29 is 9.53 Å². The summed E-state index contributed by atoms with van der Waals surface area (Å²) in [7, 11) is 0. The molecule has 2 atom stereocenters. The van der Waals surface area contributed by atoms with Crippen molar-refractivity contribution in [3.63, 3.8) is 0 Å². The third kappa shape index (κ3) is 7.54. The predicted molar refractivity (Wildman–Crippen MR) is 174 cm³/mol. The molecule has 0 aromatic heterocycles. The van der Waals surface area contributed by atoms with Gasteiger partial charge in [-0.25, -0.2) is 0 Å². The third-order valence-electron chi connectivity index (χ3n) is 9.40. The van der Waals surface area contributed by atoms with E-state index in [4.69, 9.17) is 21.9 Å². The molecule has 2 heterocycles. The molecule has 8 heteroatoms. The molecule has 2 aliphatic heterocycles. The summed E-state index contributed by atoms with van der Waals surface area (Å²) in [5.41, 5.74) is 25.0. The number of allylic oxidation sites excluding steroid dienone is 1. The average molecular weight is 587 g/mol. The fraction of sp³-hybridized carbons (Fsp3) is 0.514. The maximum atomic E-state index is 13.5. The number of rotatable bonds is 7. The zero-order valence-corrected chi connectivity index (χ0v) is 26.2. The van der Waals surface area contributed by atoms with Gasteiger partial charge in [0, 0.05) is 62.6 Å². The first-order valence-corrected chi connectivity index (χ1v) is 16.0. The van der Waals surface area contributed by atoms with Gasteiger partial charge in [-0.2, -0.15) is 0 Å². The summed E-state index contributed by atoms with van der Waals surface area (Å²) in [6, 6.07) is 14.1. The van der Waals surface area contributed by atoms with Gasteiger partial charge >= 0.3 is 0 Å². The van der Waals surface area contributed by atoms with E-state index in [1.54, 1.807) is 0 Å². The number of nitrogens with zero attached hydrogens (tertiary/aromatic N) is 3. The molecule has 6 N–H and O–H groups in total. The van der Waals surface area contributed by atoms with Crippen LogP contribution in [-0.4, -0.2) is 72.5 Å². The highest BCUT2D eigenvalue weighted by atomic mass is 16.5. The van der Waals surface area contributed by atoms with Crippen molar-refractivity contribution in [2.24, 2.45) is 23.1 Å². The van der Waals surface area contributed by atoms with Gasteiger partial charge in [-0.1, -0.05) is 55.7 Å². The van der Waals surface area contributed by atoms with Crippen LogP contribution in [0.25, 0.3) is 5.70 Å². The Morgan fingerprint density at radius 3 is 2.28 bits per heavy atom. The number of carbonyl (C=O) groups excluding carboxylic acids is 1. The summed E-state index contributed by atoms with van der Waals surface area (Å²) < 4.78 is 6.39. The van der Waals surface area contributed by atoms with E-state index in [1.165, 1.54) is 38.6 Å². The van der Waals surface area contributed by atoms with Crippen LogP contribution in [0, 0.1) is 19.8 Å². The van der Waals surface area contributed by atoms with Crippen LogP contribution in [0.4, 0.5) is 0 Å². The van der Waals surface area contributed by atoms with Crippen molar-refractivity contribution in [3.8, 4) is 0 Å². The van der Waals surface area contributed by atoms with Gasteiger partial charge in [-0.3, -0.25) is 9.69 Å². The van der Waals surface area contributed by atoms with Crippen LogP contribution in [0.1, 0.15) is 77.7 Å². The van der Waals surface area contributed by atoms with Crippen molar-refractivity contribution in [2.45, 2.75) is 65.1 Å². The number of aryl methyl sites for hydroxylation is 2. The van der Waals surface area contributed by atoms with Gasteiger partial charge in [0.05, 0.1) is 11.8 Å². The van der Waals surface area contributed by atoms with Crippen LogP contribution in [0.2, 0.25) is 0 Å². The Balaban J connectivity index is 1.25. The van der Waals surface area contributed by atoms with Crippen molar-refractivity contribution in [1.29, 1.82) is 0 Å². The zero-order chi connectivity index (χ0) is 30.5. The monoisotopic (exact) mass is 586 g/mol. The molecule has 1 amide bonds. The predicted octanol–water partition coefficient (Wildman–Crippen LogP) is 4.49. The van der Waals surface area contributed by atoms with Gasteiger partial charge in [-0.15, -0.1) is 0 Å². The number of hydrogen-bond donors (Lipinski definition) is 3. The topological polar surface area (TPSA) is 114 Å². The molecule has 3 fully saturated rings. The number of carbonyl (C=O) groups is 1. The average Bonchev–Trinajstić information content (AvgIpc) is 3.00. The molecule has 0 radical (unpaired) electrons. The maximum absolute atomic E-state index is 13.5. The summed E-state index contributed by atoms with van der Waals surface area (Å²) in [6.07, 6.45) is 8.49. The lowest BCUT2D eigenvalue weighted by atomic mass is 9.89. The summed E-state index contributed by atoms with van der Waals surface area (Å²) in [5, 5.41) is 0. The minimum atomic E-state index is -0.197. The molecule has 232 valence electrons. The van der Waals surface area contributed by atoms with Crippen LogP contribution in [0.5, 0.6) is 0 Å². The van der Waals surface area contributed by atoms with E-state index in [-0.39, 0.29) is 23.9 Å². The molecule has 2 saturated heterocycles. The number of nitrogens with two attached hydrogens (primary N) is 3. The summed E-state index contributed by atoms with van der Waals surface area (Å²) in [5.74, 6) is 1.18. The van der Waals surface area contributed by atoms with Gasteiger partial charge in [0.15, 0.2) is 0 Å². The van der Waals surface area contributed by atoms with E-state index < -0.39 is 0 Å². The van der Waals surface area contributed by atoms with Crippen LogP contribution in [-0.2, 0) is 4.74 Å². The quantitative estimate of drug-likeness (QED) is 0.410. The molecule has 5 rings (SSSR count). The Bertz CT molecular complexity index is 1340. The van der Waals surface area contributed by atoms with E-state index in [9.17, 15) is 4.79 Å². The van der Waals surface area contributed by atoms with E-state index in [2.05, 4.69) is 22.8 Å². The van der Waals surface area contributed by atoms with Gasteiger partial charge < -0.3 is 31.7 Å². The number of hydrogen-bond acceptors (Lipinski definition) is 7. The highest BCUT2D eigenvalue weighted by molar-refractivity contribution is 5.95. The number of morpholine rings is 1. The number of benzene rings is 2. The molecule has 8 nitrogen and oxygen atoms in total. The molecule has 0 bridgehead atoms. The first-order chi connectivity index (χ1) is 20.7. The molecular formula is C35H50N6O2. The molecular weight excluding hydrogens is 536 g/mol. The fourth-order valence-corrected chi connectivity index (χ4v) is 6.98. The summed E-state index contributed by atoms with van der Waals surface area (Å²) >= 11 is 0. The highest BCUT2D eigenvalue weighted by Gasteiger charge is 2.30. The minimum Gasteiger partial charge on any atom is -0.398 e. The Hall–Kier alpha value is -3.49. The Labute approximate surface area is 257 Å². The fourth-order valence-electron chi connectivity index (χ4n) is 6.98. The molecule has 2 unspecified atom stereocenters. The van der Waals surface area contributed by atoms with Crippen LogP contribution in [0.3, 0.4) is 0 Å². The van der Waals surface area contributed by atoms with Crippen molar-refractivity contribution in [3.05, 3.63) is 87.9 Å². The van der Waals surface area contributed by atoms with E-state index in [0.717, 1.165) is 59.9 Å². The smallest absolute Gasteiger partial charge is 0.254 e. The molecule has 2 aromatic carbocycles. The highest BCUT2D eigenvalue weighted by Crippen LogP contribution is 2.31. The van der Waals surface area contributed by atoms with Crippen molar-refractivity contribution in [2.75, 3.05) is 45.8 Å². The Morgan fingerprint density at radius 1 is 0.884 bits per heavy atom. The first kappa shape index (κ1) is 31.0. The first-order valence-electron chi connectivity index (χ1n) is 16.0. The van der Waals surface area contributed by atoms with Crippen molar-refractivity contribution >= 4 is 11.6 Å². The molecule has 2 aromatic rings. The van der Waals surface area contributed by atoms with E-state index in [1.807, 2.05) is 61.2 Å². The Morgan fingerprint density at radius 2 is 1.60 bits per heavy atom. The molecule has 1 aliphatic carbocycles. The lowest BCUT2D eigenvalue weighted by Gasteiger charge is -2.39. The van der Waals surface area contributed by atoms with Crippen LogP contribution < -0.4 is 17.2 Å². The molecule has 43 heavy (non-hydrogen) atoms. The molecule has 3 aliphatic rings. The summed E-state index contributed by atoms with van der Waals surface area (Å²) in [6.45, 7) is 12.0. The standard InChI is InChI=1S/C35H50N6O2/c1-24-9-7-8-12-29(24)31(36)20-32(34(37)38)41-21-26(3)43-33(23-41)28-13-14-30(25(2)19-28)35(42)40-17-15-39(16-18-40)22-27-10-5-4-6-11-27/h7-9,12-14,19-20,26-27,33H,4-6,10-11,15-18,21-23,36-38H2,1-3H3/b31-20-.